The molecular formula is C19H25F2N3O4. The minimum Gasteiger partial charge on any atom is -0.435 e. The summed E-state index contributed by atoms with van der Waals surface area (Å²) in [5, 5.41) is 2.88. The lowest BCUT2D eigenvalue weighted by molar-refractivity contribution is -0.139. The number of alkyl halides is 2. The summed E-state index contributed by atoms with van der Waals surface area (Å²) < 4.78 is 34.2. The Morgan fingerprint density at radius 3 is 2.61 bits per heavy atom. The number of nitrogens with two attached hydrogens (primary N) is 1. The van der Waals surface area contributed by atoms with Crippen molar-refractivity contribution in [2.24, 2.45) is 11.1 Å². The molecule has 0 aromatic heterocycles. The normalized spacial score (nSPS) is 22.2. The number of nitrogens with zero attached hydrogens (tertiary/aromatic N) is 1. The maximum absolute atomic E-state index is 12.9. The molecule has 2 fully saturated rings. The Morgan fingerprint density at radius 2 is 2.00 bits per heavy atom. The van der Waals surface area contributed by atoms with Gasteiger partial charge in [-0.25, -0.2) is 0 Å². The van der Waals surface area contributed by atoms with Crippen LogP contribution in [-0.4, -0.2) is 50.8 Å². The lowest BCUT2D eigenvalue weighted by Crippen LogP contribution is -2.57. The summed E-state index contributed by atoms with van der Waals surface area (Å²) >= 11 is 0. The molecule has 3 rings (SSSR count). The van der Waals surface area contributed by atoms with Crippen molar-refractivity contribution in [2.75, 3.05) is 31.2 Å². The van der Waals surface area contributed by atoms with Crippen molar-refractivity contribution < 1.29 is 27.8 Å². The Hall–Kier alpha value is -2.26. The zero-order valence-electron chi connectivity index (χ0n) is 15.5. The molecule has 1 aromatic carbocycles. The summed E-state index contributed by atoms with van der Waals surface area (Å²) in [5.74, 6) is -0.405. The number of anilines is 1. The summed E-state index contributed by atoms with van der Waals surface area (Å²) in [4.78, 5) is 27.3. The van der Waals surface area contributed by atoms with E-state index in [4.69, 9.17) is 10.5 Å². The first-order valence-corrected chi connectivity index (χ1v) is 9.40. The molecule has 2 aliphatic heterocycles. The molecular weight excluding hydrogens is 372 g/mol. The minimum atomic E-state index is -2.90. The maximum atomic E-state index is 12.9. The third kappa shape index (κ3) is 4.41. The fourth-order valence-corrected chi connectivity index (χ4v) is 3.67. The molecule has 0 spiro atoms. The van der Waals surface area contributed by atoms with Crippen LogP contribution in [0.25, 0.3) is 0 Å². The highest BCUT2D eigenvalue weighted by molar-refractivity contribution is 6.00. The van der Waals surface area contributed by atoms with Gasteiger partial charge in [-0.05, 0) is 49.9 Å². The number of ether oxygens (including phenoxy) is 2. The van der Waals surface area contributed by atoms with Crippen LogP contribution in [0.2, 0.25) is 0 Å². The van der Waals surface area contributed by atoms with Crippen molar-refractivity contribution in [1.82, 2.24) is 5.32 Å². The molecule has 154 valence electrons. The van der Waals surface area contributed by atoms with E-state index in [0.717, 1.165) is 0 Å². The van der Waals surface area contributed by atoms with E-state index >= 15 is 0 Å². The van der Waals surface area contributed by atoms with Crippen LogP contribution in [0.4, 0.5) is 14.5 Å². The highest BCUT2D eigenvalue weighted by Crippen LogP contribution is 2.31. The van der Waals surface area contributed by atoms with Crippen molar-refractivity contribution in [3.8, 4) is 5.75 Å². The predicted octanol–water partition coefficient (Wildman–Crippen LogP) is 1.66. The van der Waals surface area contributed by atoms with E-state index in [0.29, 0.717) is 51.1 Å². The summed E-state index contributed by atoms with van der Waals surface area (Å²) in [5.41, 5.74) is 5.74. The summed E-state index contributed by atoms with van der Waals surface area (Å²) in [6, 6.07) is 5.26. The molecule has 3 N–H and O–H groups in total. The van der Waals surface area contributed by atoms with Crippen molar-refractivity contribution in [1.29, 1.82) is 0 Å². The van der Waals surface area contributed by atoms with Crippen molar-refractivity contribution in [2.45, 2.75) is 38.3 Å². The molecule has 0 aliphatic carbocycles. The van der Waals surface area contributed by atoms with Gasteiger partial charge in [0, 0.05) is 32.0 Å². The SMILES string of the molecule is NCC1(C(=O)NC2CCCN(c3ccc(OC(F)F)cc3)C2=O)CCOCC1. The summed E-state index contributed by atoms with van der Waals surface area (Å²) in [6.07, 6.45) is 2.33. The number of benzene rings is 1. The smallest absolute Gasteiger partial charge is 0.387 e. The Kier molecular flexibility index (Phi) is 6.46. The molecule has 9 heteroatoms. The molecule has 7 nitrogen and oxygen atoms in total. The van der Waals surface area contributed by atoms with Crippen LogP contribution in [0, 0.1) is 5.41 Å². The number of piperidine rings is 1. The number of carbonyl (C=O) groups excluding carboxylic acids is 2. The van der Waals surface area contributed by atoms with Gasteiger partial charge in [0.2, 0.25) is 11.8 Å². The van der Waals surface area contributed by atoms with Gasteiger partial charge in [0.25, 0.3) is 0 Å². The molecule has 2 aliphatic rings. The van der Waals surface area contributed by atoms with E-state index in [9.17, 15) is 18.4 Å². The van der Waals surface area contributed by atoms with Crippen LogP contribution < -0.4 is 20.7 Å². The third-order valence-corrected chi connectivity index (χ3v) is 5.44. The zero-order valence-corrected chi connectivity index (χ0v) is 15.5. The van der Waals surface area contributed by atoms with E-state index in [2.05, 4.69) is 10.1 Å². The predicted molar refractivity (Wildman–Crippen MR) is 98.1 cm³/mol. The number of hydrogen-bond donors (Lipinski definition) is 2. The quantitative estimate of drug-likeness (QED) is 0.761. The highest BCUT2D eigenvalue weighted by Gasteiger charge is 2.41. The molecule has 0 radical (unpaired) electrons. The molecule has 0 saturated carbocycles. The van der Waals surface area contributed by atoms with E-state index in [-0.39, 0.29) is 24.1 Å². The first kappa shape index (κ1) is 20.5. The van der Waals surface area contributed by atoms with Crippen LogP contribution in [0.5, 0.6) is 5.75 Å². The van der Waals surface area contributed by atoms with Gasteiger partial charge < -0.3 is 25.4 Å². The second-order valence-corrected chi connectivity index (χ2v) is 7.13. The zero-order chi connectivity index (χ0) is 20.1. The van der Waals surface area contributed by atoms with Crippen molar-refractivity contribution in [3.05, 3.63) is 24.3 Å². The van der Waals surface area contributed by atoms with Crippen molar-refractivity contribution in [3.63, 3.8) is 0 Å². The van der Waals surface area contributed by atoms with Gasteiger partial charge in [-0.15, -0.1) is 0 Å². The van der Waals surface area contributed by atoms with Crippen LogP contribution in [0.1, 0.15) is 25.7 Å². The second-order valence-electron chi connectivity index (χ2n) is 7.13. The maximum Gasteiger partial charge on any atom is 0.387 e. The molecule has 1 aromatic rings. The van der Waals surface area contributed by atoms with E-state index in [1.807, 2.05) is 0 Å². The Balaban J connectivity index is 1.67. The second kappa shape index (κ2) is 8.83. The highest BCUT2D eigenvalue weighted by atomic mass is 19.3. The Labute approximate surface area is 162 Å². The van der Waals surface area contributed by atoms with Gasteiger partial charge >= 0.3 is 6.61 Å². The average molecular weight is 397 g/mol. The first-order chi connectivity index (χ1) is 13.4. The Morgan fingerprint density at radius 1 is 1.32 bits per heavy atom. The number of rotatable bonds is 6. The minimum absolute atomic E-state index is 0.0254. The van der Waals surface area contributed by atoms with Gasteiger partial charge in [0.05, 0.1) is 5.41 Å². The topological polar surface area (TPSA) is 93.9 Å². The van der Waals surface area contributed by atoms with E-state index in [1.54, 1.807) is 17.0 Å². The van der Waals surface area contributed by atoms with Gasteiger partial charge in [0.1, 0.15) is 11.8 Å². The molecule has 28 heavy (non-hydrogen) atoms. The van der Waals surface area contributed by atoms with Gasteiger partial charge in [0.15, 0.2) is 0 Å². The monoisotopic (exact) mass is 397 g/mol. The fourth-order valence-electron chi connectivity index (χ4n) is 3.67. The Bertz CT molecular complexity index is 693. The summed E-state index contributed by atoms with van der Waals surface area (Å²) in [6.45, 7) is -1.25. The standard InChI is InChI=1S/C19H25F2N3O4/c20-18(21)28-14-5-3-13(4-6-14)24-9-1-2-15(16(24)25)23-17(26)19(12-22)7-10-27-11-8-19/h3-6,15,18H,1-2,7-12,22H2,(H,23,26). The van der Waals surface area contributed by atoms with Gasteiger partial charge in [-0.1, -0.05) is 0 Å². The lowest BCUT2D eigenvalue weighted by atomic mass is 9.79. The number of hydrogen-bond acceptors (Lipinski definition) is 5. The van der Waals surface area contributed by atoms with Crippen LogP contribution >= 0.6 is 0 Å². The molecule has 0 bridgehead atoms. The third-order valence-electron chi connectivity index (χ3n) is 5.44. The molecule has 2 saturated heterocycles. The van der Waals surface area contributed by atoms with Crippen LogP contribution in [0.15, 0.2) is 24.3 Å². The average Bonchev–Trinajstić information content (AvgIpc) is 2.70. The molecule has 1 atom stereocenters. The van der Waals surface area contributed by atoms with Crippen LogP contribution in [-0.2, 0) is 14.3 Å². The number of carbonyl (C=O) groups is 2. The van der Waals surface area contributed by atoms with Gasteiger partial charge in [-0.3, -0.25) is 9.59 Å². The largest absolute Gasteiger partial charge is 0.435 e. The molecule has 1 unspecified atom stereocenters. The first-order valence-electron chi connectivity index (χ1n) is 9.40. The number of halogens is 2. The van der Waals surface area contributed by atoms with Crippen LogP contribution in [0.3, 0.4) is 0 Å². The van der Waals surface area contributed by atoms with E-state index in [1.165, 1.54) is 12.1 Å². The molecule has 2 heterocycles. The van der Waals surface area contributed by atoms with Crippen molar-refractivity contribution >= 4 is 17.5 Å². The molecule has 2 amide bonds. The van der Waals surface area contributed by atoms with Gasteiger partial charge in [-0.2, -0.15) is 8.78 Å². The fraction of sp³-hybridized carbons (Fsp3) is 0.579. The number of amides is 2. The summed E-state index contributed by atoms with van der Waals surface area (Å²) in [7, 11) is 0. The lowest BCUT2D eigenvalue weighted by Gasteiger charge is -2.38. The van der Waals surface area contributed by atoms with E-state index < -0.39 is 18.1 Å². The number of nitrogens with one attached hydrogen (secondary N) is 1.